The maximum Gasteiger partial charge on any atom is 0.263 e. The van der Waals surface area contributed by atoms with Gasteiger partial charge in [0.1, 0.15) is 23.5 Å². The van der Waals surface area contributed by atoms with E-state index in [-0.39, 0.29) is 28.6 Å². The van der Waals surface area contributed by atoms with Crippen LogP contribution in [0.5, 0.6) is 34.8 Å². The summed E-state index contributed by atoms with van der Waals surface area (Å²) in [5, 5.41) is 20.9. The third-order valence-electron chi connectivity index (χ3n) is 5.88. The summed E-state index contributed by atoms with van der Waals surface area (Å²) >= 11 is 0. The Kier molecular flexibility index (Phi) is 6.79. The second-order valence-corrected chi connectivity index (χ2v) is 8.60. The molecule has 0 spiro atoms. The summed E-state index contributed by atoms with van der Waals surface area (Å²) in [5.41, 5.74) is 6.43. The molecule has 5 rings (SSSR count). The van der Waals surface area contributed by atoms with Crippen LogP contribution in [0.15, 0.2) is 54.9 Å². The number of hydrogen-bond acceptors (Lipinski definition) is 8. The first-order valence-corrected chi connectivity index (χ1v) is 11.7. The third kappa shape index (κ3) is 5.06. The van der Waals surface area contributed by atoms with E-state index >= 15 is 8.78 Å². The number of halogens is 2. The number of nitrogen functional groups attached to an aromatic ring is 1. The molecule has 2 aromatic carbocycles. The average molecular weight is 523 g/mol. The van der Waals surface area contributed by atoms with Gasteiger partial charge in [-0.1, -0.05) is 12.1 Å². The van der Waals surface area contributed by atoms with E-state index in [1.165, 1.54) is 18.2 Å². The zero-order valence-corrected chi connectivity index (χ0v) is 20.2. The zero-order chi connectivity index (χ0) is 26.8. The van der Waals surface area contributed by atoms with Gasteiger partial charge in [-0.25, -0.2) is 4.98 Å². The molecule has 0 aliphatic carbocycles. The maximum atomic E-state index is 15.5. The number of nitrogens with zero attached hydrogens (tertiary/aromatic N) is 3. The molecule has 1 atom stereocenters. The van der Waals surface area contributed by atoms with Crippen LogP contribution in [0.3, 0.4) is 0 Å². The summed E-state index contributed by atoms with van der Waals surface area (Å²) in [6, 6.07) is 10.6. The molecule has 12 heteroatoms. The van der Waals surface area contributed by atoms with E-state index in [4.69, 9.17) is 25.4 Å². The largest absolute Gasteiger partial charge is 0.504 e. The molecule has 0 amide bonds. The topological polar surface area (TPSA) is 141 Å². The molecule has 1 unspecified atom stereocenters. The van der Waals surface area contributed by atoms with E-state index in [9.17, 15) is 5.11 Å². The fourth-order valence-electron chi connectivity index (χ4n) is 3.94. The molecule has 1 saturated heterocycles. The van der Waals surface area contributed by atoms with E-state index in [1.807, 2.05) is 17.7 Å². The van der Waals surface area contributed by atoms with Gasteiger partial charge in [0.2, 0.25) is 17.4 Å². The number of hydrogen-bond donors (Lipinski definition) is 4. The Balaban J connectivity index is 1.55. The van der Waals surface area contributed by atoms with Crippen molar-refractivity contribution in [1.29, 1.82) is 5.41 Å². The summed E-state index contributed by atoms with van der Waals surface area (Å²) in [4.78, 5) is 8.21. The Morgan fingerprint density at radius 3 is 2.63 bits per heavy atom. The molecule has 5 N–H and O–H groups in total. The van der Waals surface area contributed by atoms with Crippen molar-refractivity contribution in [2.24, 2.45) is 12.8 Å². The number of aryl methyl sites for hydroxylation is 1. The van der Waals surface area contributed by atoms with Crippen LogP contribution in [0, 0.1) is 17.0 Å². The van der Waals surface area contributed by atoms with Crippen LogP contribution < -0.4 is 25.3 Å². The number of imidazole rings is 1. The lowest BCUT2D eigenvalue weighted by Gasteiger charge is -2.18. The number of benzene rings is 2. The first-order valence-electron chi connectivity index (χ1n) is 11.7. The number of pyridine rings is 1. The second kappa shape index (κ2) is 10.3. The molecule has 0 radical (unpaired) electrons. The van der Waals surface area contributed by atoms with Crippen molar-refractivity contribution in [2.75, 3.05) is 13.1 Å². The molecule has 4 aromatic rings. The van der Waals surface area contributed by atoms with Gasteiger partial charge in [-0.3, -0.25) is 5.41 Å². The van der Waals surface area contributed by atoms with E-state index < -0.39 is 35.2 Å². The highest BCUT2D eigenvalue weighted by Gasteiger charge is 2.29. The molecular formula is C26H24F2N6O4. The first kappa shape index (κ1) is 25.0. The Morgan fingerprint density at radius 1 is 1.16 bits per heavy atom. The minimum atomic E-state index is -1.21. The third-order valence-corrected chi connectivity index (χ3v) is 5.88. The molecule has 38 heavy (non-hydrogen) atoms. The van der Waals surface area contributed by atoms with Crippen LogP contribution in [-0.2, 0) is 7.05 Å². The molecule has 196 valence electrons. The highest BCUT2D eigenvalue weighted by atomic mass is 19.1. The molecule has 10 nitrogen and oxygen atoms in total. The molecule has 1 aliphatic rings. The van der Waals surface area contributed by atoms with E-state index in [0.29, 0.717) is 30.9 Å². The highest BCUT2D eigenvalue weighted by Crippen LogP contribution is 2.40. The average Bonchev–Trinajstić information content (AvgIpc) is 3.57. The summed E-state index contributed by atoms with van der Waals surface area (Å²) in [6.07, 6.45) is 3.49. The molecule has 3 heterocycles. The summed E-state index contributed by atoms with van der Waals surface area (Å²) in [6.45, 7) is 1.04. The van der Waals surface area contributed by atoms with Gasteiger partial charge in [0.05, 0.1) is 0 Å². The van der Waals surface area contributed by atoms with Crippen LogP contribution in [0.1, 0.15) is 12.0 Å². The van der Waals surface area contributed by atoms with Gasteiger partial charge >= 0.3 is 0 Å². The maximum absolute atomic E-state index is 15.5. The number of nitrogens with two attached hydrogens (primary N) is 1. The second-order valence-electron chi connectivity index (χ2n) is 8.60. The standard InChI is InChI=1S/C26H24F2N6O4/c1-34-10-9-32-24(34)15-3-2-4-16(11-15)37-25-20(27)22(36-17-7-8-31-13-17)21(28)26(33-25)38-19-12-14(23(29)30)5-6-18(19)35/h2-6,9-12,17,31,35H,7-8,13H2,1H3,(H3,29,30). The SMILES string of the molecule is Cn1ccnc1-c1cccc(Oc2nc(Oc3cc(C(=N)N)ccc3O)c(F)c(OC3CCNC3)c2F)c1. The van der Waals surface area contributed by atoms with Gasteiger partial charge in [-0.15, -0.1) is 0 Å². The minimum absolute atomic E-state index is 0.212. The van der Waals surface area contributed by atoms with Gasteiger partial charge in [0.25, 0.3) is 11.8 Å². The van der Waals surface area contributed by atoms with Crippen LogP contribution in [-0.4, -0.2) is 44.7 Å². The zero-order valence-electron chi connectivity index (χ0n) is 20.2. The number of aromatic nitrogens is 3. The first-order chi connectivity index (χ1) is 18.3. The molecule has 1 fully saturated rings. The summed E-state index contributed by atoms with van der Waals surface area (Å²) in [7, 11) is 1.83. The lowest BCUT2D eigenvalue weighted by molar-refractivity contribution is 0.196. The van der Waals surface area contributed by atoms with Crippen LogP contribution in [0.4, 0.5) is 8.78 Å². The van der Waals surface area contributed by atoms with Crippen molar-refractivity contribution in [2.45, 2.75) is 12.5 Å². The van der Waals surface area contributed by atoms with Crippen molar-refractivity contribution in [3.63, 3.8) is 0 Å². The van der Waals surface area contributed by atoms with Gasteiger partial charge in [0.15, 0.2) is 11.5 Å². The van der Waals surface area contributed by atoms with Crippen LogP contribution in [0.25, 0.3) is 11.4 Å². The van der Waals surface area contributed by atoms with E-state index in [1.54, 1.807) is 30.6 Å². The molecule has 2 aromatic heterocycles. The number of phenolic OH excluding ortho intramolecular Hbond substituents is 1. The fourth-order valence-corrected chi connectivity index (χ4v) is 3.94. The van der Waals surface area contributed by atoms with Crippen molar-refractivity contribution >= 4 is 5.84 Å². The number of amidine groups is 1. The van der Waals surface area contributed by atoms with Crippen molar-refractivity contribution in [3.8, 4) is 46.1 Å². The fraction of sp³-hybridized carbons (Fsp3) is 0.192. The minimum Gasteiger partial charge on any atom is -0.504 e. The molecule has 0 saturated carbocycles. The quantitative estimate of drug-likeness (QED) is 0.201. The Hall–Kier alpha value is -4.71. The Labute approximate surface area is 216 Å². The number of rotatable bonds is 8. The van der Waals surface area contributed by atoms with Gasteiger partial charge in [-0.05, 0) is 43.3 Å². The smallest absolute Gasteiger partial charge is 0.263 e. The lowest BCUT2D eigenvalue weighted by Crippen LogP contribution is -2.21. The number of ether oxygens (including phenoxy) is 3. The molecule has 0 bridgehead atoms. The van der Waals surface area contributed by atoms with E-state index in [2.05, 4.69) is 15.3 Å². The van der Waals surface area contributed by atoms with Crippen molar-refractivity contribution in [1.82, 2.24) is 19.9 Å². The Bertz CT molecular complexity index is 1500. The molecular weight excluding hydrogens is 498 g/mol. The van der Waals surface area contributed by atoms with Crippen molar-refractivity contribution < 1.29 is 28.1 Å². The van der Waals surface area contributed by atoms with Gasteiger partial charge in [0, 0.05) is 37.1 Å². The lowest BCUT2D eigenvalue weighted by atomic mass is 10.2. The Morgan fingerprint density at radius 2 is 1.95 bits per heavy atom. The predicted molar refractivity (Wildman–Crippen MR) is 134 cm³/mol. The number of aromatic hydroxyl groups is 1. The normalized spacial score (nSPS) is 14.9. The van der Waals surface area contributed by atoms with Crippen LogP contribution in [0.2, 0.25) is 0 Å². The summed E-state index contributed by atoms with van der Waals surface area (Å²) in [5.74, 6) is -4.41. The monoisotopic (exact) mass is 522 g/mol. The van der Waals surface area contributed by atoms with Gasteiger partial charge < -0.3 is 34.9 Å². The predicted octanol–water partition coefficient (Wildman–Crippen LogP) is 4.08. The number of nitrogens with one attached hydrogen (secondary N) is 2. The highest BCUT2D eigenvalue weighted by molar-refractivity contribution is 5.95. The number of phenols is 1. The molecule has 1 aliphatic heterocycles. The van der Waals surface area contributed by atoms with Crippen molar-refractivity contribution in [3.05, 3.63) is 72.1 Å². The van der Waals surface area contributed by atoms with Gasteiger partial charge in [-0.2, -0.15) is 13.8 Å². The summed E-state index contributed by atoms with van der Waals surface area (Å²) < 4.78 is 49.7. The van der Waals surface area contributed by atoms with Crippen LogP contribution >= 0.6 is 0 Å². The van der Waals surface area contributed by atoms with E-state index in [0.717, 1.165) is 0 Å².